The number of rotatable bonds is 7. The molecule has 160 valence electrons. The summed E-state index contributed by atoms with van der Waals surface area (Å²) < 4.78 is 0. The van der Waals surface area contributed by atoms with Gasteiger partial charge in [-0.1, -0.05) is 19.1 Å². The SMILES string of the molecule is CCN(CC(=O)NCC12CC3CC(CC(C3)C1)C2)Cc1nc2ccccc2c(=O)[nH]1. The van der Waals surface area contributed by atoms with E-state index in [0.29, 0.717) is 35.2 Å². The standard InChI is InChI=1S/C24H32N4O2/c1-2-28(13-21-26-20-6-4-3-5-19(20)23(30)27-21)14-22(29)25-15-24-10-16-7-17(11-24)9-18(8-16)12-24/h3-6,16-18H,2,7-15H2,1H3,(H,25,29)(H,26,27,30). The Morgan fingerprint density at radius 3 is 2.50 bits per heavy atom. The summed E-state index contributed by atoms with van der Waals surface area (Å²) in [6.45, 7) is 4.38. The number of amides is 1. The van der Waals surface area contributed by atoms with Crippen molar-refractivity contribution >= 4 is 16.8 Å². The van der Waals surface area contributed by atoms with E-state index in [2.05, 4.69) is 15.3 Å². The van der Waals surface area contributed by atoms with Crippen LogP contribution in [0.15, 0.2) is 29.1 Å². The number of aromatic amines is 1. The van der Waals surface area contributed by atoms with E-state index in [0.717, 1.165) is 30.8 Å². The molecule has 6 rings (SSSR count). The number of H-pyrrole nitrogens is 1. The van der Waals surface area contributed by atoms with Crippen LogP contribution in [0.25, 0.3) is 10.9 Å². The third kappa shape index (κ3) is 3.89. The van der Waals surface area contributed by atoms with Crippen LogP contribution in [0.3, 0.4) is 0 Å². The Labute approximate surface area is 177 Å². The van der Waals surface area contributed by atoms with Crippen LogP contribution in [0.5, 0.6) is 0 Å². The van der Waals surface area contributed by atoms with Crippen molar-refractivity contribution in [2.24, 2.45) is 23.2 Å². The molecular weight excluding hydrogens is 376 g/mol. The molecule has 0 spiro atoms. The predicted molar refractivity (Wildman–Crippen MR) is 117 cm³/mol. The third-order valence-electron chi connectivity index (χ3n) is 7.68. The molecule has 0 aliphatic heterocycles. The van der Waals surface area contributed by atoms with Crippen LogP contribution < -0.4 is 10.9 Å². The van der Waals surface area contributed by atoms with Gasteiger partial charge in [-0.05, 0) is 80.4 Å². The van der Waals surface area contributed by atoms with Crippen LogP contribution in [-0.2, 0) is 11.3 Å². The van der Waals surface area contributed by atoms with Gasteiger partial charge < -0.3 is 10.3 Å². The number of aromatic nitrogens is 2. The number of benzene rings is 1. The number of hydrogen-bond donors (Lipinski definition) is 2. The van der Waals surface area contributed by atoms with E-state index in [4.69, 9.17) is 0 Å². The first kappa shape index (κ1) is 19.7. The van der Waals surface area contributed by atoms with E-state index in [1.54, 1.807) is 6.07 Å². The van der Waals surface area contributed by atoms with Gasteiger partial charge in [-0.3, -0.25) is 14.5 Å². The monoisotopic (exact) mass is 408 g/mol. The lowest BCUT2D eigenvalue weighted by Crippen LogP contribution is -2.52. The average Bonchev–Trinajstić information content (AvgIpc) is 2.71. The predicted octanol–water partition coefficient (Wildman–Crippen LogP) is 3.08. The Morgan fingerprint density at radius 2 is 1.83 bits per heavy atom. The molecule has 2 N–H and O–H groups in total. The minimum Gasteiger partial charge on any atom is -0.354 e. The molecule has 1 aromatic heterocycles. The largest absolute Gasteiger partial charge is 0.354 e. The number of nitrogens with zero attached hydrogens (tertiary/aromatic N) is 2. The van der Waals surface area contributed by atoms with E-state index in [1.807, 2.05) is 30.0 Å². The Kier molecular flexibility index (Phi) is 5.13. The fourth-order valence-electron chi connectivity index (χ4n) is 6.75. The summed E-state index contributed by atoms with van der Waals surface area (Å²) in [5.74, 6) is 3.38. The summed E-state index contributed by atoms with van der Waals surface area (Å²) in [6.07, 6.45) is 8.19. The smallest absolute Gasteiger partial charge is 0.258 e. The molecule has 1 aromatic carbocycles. The molecule has 0 radical (unpaired) electrons. The molecule has 4 aliphatic carbocycles. The van der Waals surface area contributed by atoms with E-state index in [-0.39, 0.29) is 11.5 Å². The number of hydrogen-bond acceptors (Lipinski definition) is 4. The molecule has 1 amide bonds. The highest BCUT2D eigenvalue weighted by Gasteiger charge is 2.50. The van der Waals surface area contributed by atoms with Crippen LogP contribution in [0.1, 0.15) is 51.3 Å². The van der Waals surface area contributed by atoms with Gasteiger partial charge >= 0.3 is 0 Å². The second-order valence-electron chi connectivity index (χ2n) is 10.0. The van der Waals surface area contributed by atoms with Gasteiger partial charge in [-0.15, -0.1) is 0 Å². The first-order chi connectivity index (χ1) is 14.5. The van der Waals surface area contributed by atoms with Crippen molar-refractivity contribution in [3.05, 3.63) is 40.4 Å². The summed E-state index contributed by atoms with van der Waals surface area (Å²) >= 11 is 0. The second kappa shape index (κ2) is 7.80. The molecule has 2 aromatic rings. The number of nitrogens with one attached hydrogen (secondary N) is 2. The fourth-order valence-corrected chi connectivity index (χ4v) is 6.75. The minimum atomic E-state index is -0.127. The molecule has 0 saturated heterocycles. The lowest BCUT2D eigenvalue weighted by molar-refractivity contribution is -0.124. The number of carbonyl (C=O) groups excluding carboxylic acids is 1. The molecule has 1 heterocycles. The number of likely N-dealkylation sites (N-methyl/N-ethyl adjacent to an activating group) is 1. The topological polar surface area (TPSA) is 78.1 Å². The van der Waals surface area contributed by atoms with Gasteiger partial charge in [0.25, 0.3) is 5.56 Å². The summed E-state index contributed by atoms with van der Waals surface area (Å²) in [5.41, 5.74) is 0.920. The Bertz CT molecular complexity index is 963. The number of carbonyl (C=O) groups is 1. The van der Waals surface area contributed by atoms with E-state index in [1.165, 1.54) is 38.5 Å². The maximum atomic E-state index is 12.7. The molecular formula is C24H32N4O2. The first-order valence-corrected chi connectivity index (χ1v) is 11.5. The van der Waals surface area contributed by atoms with Crippen LogP contribution in [0.4, 0.5) is 0 Å². The molecule has 4 saturated carbocycles. The van der Waals surface area contributed by atoms with Gasteiger partial charge in [0.2, 0.25) is 5.91 Å². The van der Waals surface area contributed by atoms with E-state index >= 15 is 0 Å². The maximum absolute atomic E-state index is 12.7. The Balaban J connectivity index is 1.19. The zero-order chi connectivity index (χ0) is 20.7. The Morgan fingerprint density at radius 1 is 1.17 bits per heavy atom. The van der Waals surface area contributed by atoms with Gasteiger partial charge in [0.05, 0.1) is 24.0 Å². The van der Waals surface area contributed by atoms with Crippen molar-refractivity contribution in [1.29, 1.82) is 0 Å². The van der Waals surface area contributed by atoms with Gasteiger partial charge in [0.1, 0.15) is 5.82 Å². The molecule has 4 bridgehead atoms. The normalized spacial score (nSPS) is 29.6. The van der Waals surface area contributed by atoms with Crippen LogP contribution in [-0.4, -0.2) is 40.4 Å². The van der Waals surface area contributed by atoms with Crippen LogP contribution >= 0.6 is 0 Å². The lowest BCUT2D eigenvalue weighted by Gasteiger charge is -2.56. The quantitative estimate of drug-likeness (QED) is 0.738. The maximum Gasteiger partial charge on any atom is 0.258 e. The first-order valence-electron chi connectivity index (χ1n) is 11.5. The summed E-state index contributed by atoms with van der Waals surface area (Å²) in [6, 6.07) is 7.35. The van der Waals surface area contributed by atoms with Crippen molar-refractivity contribution in [1.82, 2.24) is 20.2 Å². The van der Waals surface area contributed by atoms with Gasteiger partial charge in [0.15, 0.2) is 0 Å². The third-order valence-corrected chi connectivity index (χ3v) is 7.68. The second-order valence-corrected chi connectivity index (χ2v) is 10.0. The molecule has 4 aliphatic rings. The Hall–Kier alpha value is -2.21. The average molecular weight is 409 g/mol. The van der Waals surface area contributed by atoms with Gasteiger partial charge in [0, 0.05) is 6.54 Å². The molecule has 0 atom stereocenters. The molecule has 4 fully saturated rings. The molecule has 6 heteroatoms. The van der Waals surface area contributed by atoms with Gasteiger partial charge in [-0.2, -0.15) is 0 Å². The molecule has 6 nitrogen and oxygen atoms in total. The highest BCUT2D eigenvalue weighted by Crippen LogP contribution is 2.59. The number of fused-ring (bicyclic) bond motifs is 1. The molecule has 30 heavy (non-hydrogen) atoms. The summed E-state index contributed by atoms with van der Waals surface area (Å²) in [7, 11) is 0. The fraction of sp³-hybridized carbons (Fsp3) is 0.625. The van der Waals surface area contributed by atoms with Crippen LogP contribution in [0.2, 0.25) is 0 Å². The van der Waals surface area contributed by atoms with Gasteiger partial charge in [-0.25, -0.2) is 4.98 Å². The van der Waals surface area contributed by atoms with Crippen molar-refractivity contribution in [2.75, 3.05) is 19.6 Å². The van der Waals surface area contributed by atoms with Crippen molar-refractivity contribution in [2.45, 2.75) is 52.0 Å². The minimum absolute atomic E-state index is 0.0794. The van der Waals surface area contributed by atoms with Crippen molar-refractivity contribution in [3.63, 3.8) is 0 Å². The van der Waals surface area contributed by atoms with Crippen molar-refractivity contribution < 1.29 is 4.79 Å². The zero-order valence-corrected chi connectivity index (χ0v) is 17.8. The van der Waals surface area contributed by atoms with Crippen molar-refractivity contribution in [3.8, 4) is 0 Å². The van der Waals surface area contributed by atoms with E-state index < -0.39 is 0 Å². The number of para-hydroxylation sites is 1. The van der Waals surface area contributed by atoms with Crippen LogP contribution in [0, 0.1) is 23.2 Å². The molecule has 0 unspecified atom stereocenters. The summed E-state index contributed by atoms with van der Waals surface area (Å²) in [5, 5.41) is 3.85. The lowest BCUT2D eigenvalue weighted by atomic mass is 9.49. The zero-order valence-electron chi connectivity index (χ0n) is 17.8. The van der Waals surface area contributed by atoms with E-state index in [9.17, 15) is 9.59 Å². The highest BCUT2D eigenvalue weighted by atomic mass is 16.2. The highest BCUT2D eigenvalue weighted by molar-refractivity contribution is 5.78. The summed E-state index contributed by atoms with van der Waals surface area (Å²) in [4.78, 5) is 34.5.